The summed E-state index contributed by atoms with van der Waals surface area (Å²) in [6, 6.07) is 0. The van der Waals surface area contributed by atoms with E-state index in [2.05, 4.69) is 28.9 Å². The summed E-state index contributed by atoms with van der Waals surface area (Å²) in [7, 11) is 0. The Labute approximate surface area is 104 Å². The summed E-state index contributed by atoms with van der Waals surface area (Å²) < 4.78 is 0. The maximum Gasteiger partial charge on any atom is 0.0639 e. The molecule has 0 saturated carbocycles. The molecule has 2 rings (SSSR count). The number of piperazine rings is 1. The Morgan fingerprint density at radius 2 is 1.88 bits per heavy atom. The predicted octanol–water partition coefficient (Wildman–Crippen LogP) is 1.61. The lowest BCUT2D eigenvalue weighted by molar-refractivity contribution is 0.0909. The number of β-amino-alcohol motifs (C(OH)–C–C–N with tert-alkyl or cyclic N) is 1. The lowest BCUT2D eigenvalue weighted by Crippen LogP contribution is -2.47. The summed E-state index contributed by atoms with van der Waals surface area (Å²) in [6.07, 6.45) is 6.73. The zero-order valence-electron chi connectivity index (χ0n) is 11.0. The van der Waals surface area contributed by atoms with Crippen LogP contribution in [0, 0.1) is 0 Å². The maximum absolute atomic E-state index is 9.37. The summed E-state index contributed by atoms with van der Waals surface area (Å²) >= 11 is 0. The predicted molar refractivity (Wildman–Crippen MR) is 70.8 cm³/mol. The second-order valence-corrected chi connectivity index (χ2v) is 5.31. The minimum absolute atomic E-state index is 0.207. The van der Waals surface area contributed by atoms with E-state index in [0.29, 0.717) is 0 Å². The highest BCUT2D eigenvalue weighted by molar-refractivity contribution is 5.22. The van der Waals surface area contributed by atoms with Gasteiger partial charge in [0.15, 0.2) is 0 Å². The van der Waals surface area contributed by atoms with Crippen LogP contribution in [0.2, 0.25) is 0 Å². The van der Waals surface area contributed by atoms with E-state index < -0.39 is 0 Å². The van der Waals surface area contributed by atoms with Gasteiger partial charge in [0.25, 0.3) is 0 Å². The second kappa shape index (κ2) is 5.69. The maximum atomic E-state index is 9.37. The van der Waals surface area contributed by atoms with E-state index in [1.165, 1.54) is 24.1 Å². The Bertz CT molecular complexity index is 312. The SMILES string of the molecule is CC1=CC=C(N2CCN(CC(C)O)CC2)CC1. The molecule has 1 heterocycles. The van der Waals surface area contributed by atoms with Crippen molar-refractivity contribution >= 4 is 0 Å². The molecule has 1 aliphatic heterocycles. The molecule has 17 heavy (non-hydrogen) atoms. The molecular weight excluding hydrogens is 212 g/mol. The monoisotopic (exact) mass is 236 g/mol. The van der Waals surface area contributed by atoms with Gasteiger partial charge in [-0.05, 0) is 32.8 Å². The standard InChI is InChI=1S/C14H24N2O/c1-12-3-5-14(6-4-12)16-9-7-15(8-10-16)11-13(2)17/h3,5,13,17H,4,6-11H2,1-2H3. The molecular formula is C14H24N2O. The van der Waals surface area contributed by atoms with Crippen molar-refractivity contribution in [3.05, 3.63) is 23.4 Å². The lowest BCUT2D eigenvalue weighted by atomic mass is 10.0. The van der Waals surface area contributed by atoms with Gasteiger partial charge in [-0.2, -0.15) is 0 Å². The molecule has 0 aromatic rings. The van der Waals surface area contributed by atoms with E-state index in [4.69, 9.17) is 0 Å². The highest BCUT2D eigenvalue weighted by atomic mass is 16.3. The topological polar surface area (TPSA) is 26.7 Å². The van der Waals surface area contributed by atoms with E-state index >= 15 is 0 Å². The first-order chi connectivity index (χ1) is 8.15. The molecule has 1 fully saturated rings. The Morgan fingerprint density at radius 1 is 1.18 bits per heavy atom. The van der Waals surface area contributed by atoms with Gasteiger partial charge in [0, 0.05) is 38.4 Å². The van der Waals surface area contributed by atoms with Crippen LogP contribution in [0.1, 0.15) is 26.7 Å². The molecule has 2 aliphatic rings. The van der Waals surface area contributed by atoms with Crippen LogP contribution >= 0.6 is 0 Å². The fourth-order valence-corrected chi connectivity index (χ4v) is 2.59. The van der Waals surface area contributed by atoms with Gasteiger partial charge >= 0.3 is 0 Å². The van der Waals surface area contributed by atoms with Crippen molar-refractivity contribution < 1.29 is 5.11 Å². The van der Waals surface area contributed by atoms with E-state index in [1.807, 2.05) is 6.92 Å². The van der Waals surface area contributed by atoms with Crippen molar-refractivity contribution in [1.29, 1.82) is 0 Å². The summed E-state index contributed by atoms with van der Waals surface area (Å²) in [5.74, 6) is 0. The minimum atomic E-state index is -0.207. The molecule has 0 aromatic carbocycles. The zero-order valence-corrected chi connectivity index (χ0v) is 11.0. The molecule has 0 amide bonds. The number of hydrogen-bond acceptors (Lipinski definition) is 3. The Kier molecular flexibility index (Phi) is 4.24. The first kappa shape index (κ1) is 12.7. The summed E-state index contributed by atoms with van der Waals surface area (Å²) in [6.45, 7) is 9.23. The minimum Gasteiger partial charge on any atom is -0.392 e. The quantitative estimate of drug-likeness (QED) is 0.806. The molecule has 0 aromatic heterocycles. The van der Waals surface area contributed by atoms with Crippen molar-refractivity contribution in [1.82, 2.24) is 9.80 Å². The molecule has 0 radical (unpaired) electrons. The van der Waals surface area contributed by atoms with Crippen LogP contribution in [0.5, 0.6) is 0 Å². The van der Waals surface area contributed by atoms with Gasteiger partial charge in [-0.3, -0.25) is 4.90 Å². The second-order valence-electron chi connectivity index (χ2n) is 5.31. The summed E-state index contributed by atoms with van der Waals surface area (Å²) in [4.78, 5) is 4.85. The molecule has 0 spiro atoms. The van der Waals surface area contributed by atoms with Crippen LogP contribution in [0.4, 0.5) is 0 Å². The van der Waals surface area contributed by atoms with Gasteiger partial charge in [-0.25, -0.2) is 0 Å². The van der Waals surface area contributed by atoms with Crippen LogP contribution in [-0.4, -0.2) is 53.7 Å². The van der Waals surface area contributed by atoms with Crippen LogP contribution in [0.3, 0.4) is 0 Å². The summed E-state index contributed by atoms with van der Waals surface area (Å²) in [5, 5.41) is 9.37. The van der Waals surface area contributed by atoms with Crippen LogP contribution in [-0.2, 0) is 0 Å². The average Bonchev–Trinajstić information content (AvgIpc) is 2.30. The van der Waals surface area contributed by atoms with E-state index in [1.54, 1.807) is 0 Å². The first-order valence-corrected chi connectivity index (χ1v) is 6.67. The number of rotatable bonds is 3. The van der Waals surface area contributed by atoms with Crippen molar-refractivity contribution in [2.45, 2.75) is 32.8 Å². The molecule has 96 valence electrons. The third-order valence-corrected chi connectivity index (χ3v) is 3.64. The highest BCUT2D eigenvalue weighted by Crippen LogP contribution is 2.22. The normalized spacial score (nSPS) is 24.3. The van der Waals surface area contributed by atoms with Crippen LogP contribution < -0.4 is 0 Å². The molecule has 1 saturated heterocycles. The van der Waals surface area contributed by atoms with Gasteiger partial charge in [-0.1, -0.05) is 11.6 Å². The average molecular weight is 236 g/mol. The third-order valence-electron chi connectivity index (χ3n) is 3.64. The smallest absolute Gasteiger partial charge is 0.0639 e. The molecule has 1 atom stereocenters. The largest absolute Gasteiger partial charge is 0.392 e. The Morgan fingerprint density at radius 3 is 2.41 bits per heavy atom. The van der Waals surface area contributed by atoms with Gasteiger partial charge in [0.05, 0.1) is 6.10 Å². The van der Waals surface area contributed by atoms with Gasteiger partial charge in [0.2, 0.25) is 0 Å². The van der Waals surface area contributed by atoms with Crippen molar-refractivity contribution in [3.8, 4) is 0 Å². The molecule has 1 unspecified atom stereocenters. The summed E-state index contributed by atoms with van der Waals surface area (Å²) in [5.41, 5.74) is 2.98. The molecule has 3 nitrogen and oxygen atoms in total. The number of aliphatic hydroxyl groups is 1. The highest BCUT2D eigenvalue weighted by Gasteiger charge is 2.19. The zero-order chi connectivity index (χ0) is 12.3. The van der Waals surface area contributed by atoms with Crippen molar-refractivity contribution in [2.24, 2.45) is 0 Å². The van der Waals surface area contributed by atoms with Crippen molar-refractivity contribution in [3.63, 3.8) is 0 Å². The number of hydrogen-bond donors (Lipinski definition) is 1. The van der Waals surface area contributed by atoms with E-state index in [-0.39, 0.29) is 6.10 Å². The number of nitrogens with zero attached hydrogens (tertiary/aromatic N) is 2. The third kappa shape index (κ3) is 3.58. The Balaban J connectivity index is 1.83. The first-order valence-electron chi connectivity index (χ1n) is 6.67. The van der Waals surface area contributed by atoms with Crippen molar-refractivity contribution in [2.75, 3.05) is 32.7 Å². The molecule has 1 aliphatic carbocycles. The van der Waals surface area contributed by atoms with Crippen LogP contribution in [0.15, 0.2) is 23.4 Å². The Hall–Kier alpha value is -0.800. The molecule has 3 heteroatoms. The fraction of sp³-hybridized carbons (Fsp3) is 0.714. The number of aliphatic hydroxyl groups excluding tert-OH is 1. The van der Waals surface area contributed by atoms with Gasteiger partial charge in [0.1, 0.15) is 0 Å². The van der Waals surface area contributed by atoms with E-state index in [0.717, 1.165) is 32.7 Å². The van der Waals surface area contributed by atoms with E-state index in [9.17, 15) is 5.11 Å². The number of allylic oxidation sites excluding steroid dienone is 4. The molecule has 0 bridgehead atoms. The molecule has 1 N–H and O–H groups in total. The van der Waals surface area contributed by atoms with Gasteiger partial charge < -0.3 is 10.0 Å². The lowest BCUT2D eigenvalue weighted by Gasteiger charge is -2.38. The fourth-order valence-electron chi connectivity index (χ4n) is 2.59. The van der Waals surface area contributed by atoms with Gasteiger partial charge in [-0.15, -0.1) is 0 Å². The van der Waals surface area contributed by atoms with Crippen LogP contribution in [0.25, 0.3) is 0 Å².